The number of piperidine rings is 1. The van der Waals surface area contributed by atoms with Crippen molar-refractivity contribution in [1.29, 1.82) is 0 Å². The van der Waals surface area contributed by atoms with E-state index in [-0.39, 0.29) is 22.1 Å². The first-order valence-electron chi connectivity index (χ1n) is 8.79. The lowest BCUT2D eigenvalue weighted by atomic mass is 10.2. The number of halogens is 2. The molecule has 0 saturated carbocycles. The highest BCUT2D eigenvalue weighted by Crippen LogP contribution is 2.29. The number of sulfonamides is 1. The van der Waals surface area contributed by atoms with Crippen LogP contribution >= 0.6 is 11.3 Å². The molecule has 0 aliphatic carbocycles. The van der Waals surface area contributed by atoms with Crippen LogP contribution in [0.3, 0.4) is 0 Å². The number of anilines is 1. The quantitative estimate of drug-likeness (QED) is 0.727. The summed E-state index contributed by atoms with van der Waals surface area (Å²) < 4.78 is 56.3. The Balaban J connectivity index is 1.66. The third kappa shape index (κ3) is 5.06. The van der Waals surface area contributed by atoms with Crippen LogP contribution in [0.25, 0.3) is 0 Å². The van der Waals surface area contributed by atoms with Crippen LogP contribution < -0.4 is 10.1 Å². The summed E-state index contributed by atoms with van der Waals surface area (Å²) >= 11 is 1.05. The third-order valence-corrected chi connectivity index (χ3v) is 7.71. The third-order valence-electron chi connectivity index (χ3n) is 4.26. The van der Waals surface area contributed by atoms with Crippen LogP contribution in [0.1, 0.15) is 24.1 Å². The molecular weight excluding hydrogens is 410 g/mol. The maximum absolute atomic E-state index is 12.7. The molecule has 2 heterocycles. The molecule has 1 amide bonds. The van der Waals surface area contributed by atoms with E-state index in [1.807, 2.05) is 0 Å². The number of amides is 1. The Kier molecular flexibility index (Phi) is 6.63. The number of alkyl halides is 2. The van der Waals surface area contributed by atoms with Crippen LogP contribution in [-0.2, 0) is 21.2 Å². The van der Waals surface area contributed by atoms with Crippen LogP contribution in [0.2, 0.25) is 0 Å². The van der Waals surface area contributed by atoms with E-state index in [0.29, 0.717) is 18.0 Å². The second-order valence-electron chi connectivity index (χ2n) is 6.29. The Morgan fingerprint density at radius 1 is 1.14 bits per heavy atom. The Labute approximate surface area is 166 Å². The SMILES string of the molecule is O=C(Cc1ccc(S(=O)(=O)N2CCCCC2)s1)Nc1ccccc1OC(F)F. The predicted molar refractivity (Wildman–Crippen MR) is 102 cm³/mol. The zero-order chi connectivity index (χ0) is 20.1. The molecule has 0 bridgehead atoms. The molecule has 1 aliphatic rings. The molecule has 0 spiro atoms. The largest absolute Gasteiger partial charge is 0.433 e. The minimum absolute atomic E-state index is 0.0663. The van der Waals surface area contributed by atoms with Crippen LogP contribution in [0.15, 0.2) is 40.6 Å². The van der Waals surface area contributed by atoms with Gasteiger partial charge in [-0.2, -0.15) is 13.1 Å². The van der Waals surface area contributed by atoms with E-state index in [9.17, 15) is 22.0 Å². The van der Waals surface area contributed by atoms with Gasteiger partial charge in [0.15, 0.2) is 0 Å². The molecule has 10 heteroatoms. The molecule has 1 aliphatic heterocycles. The Morgan fingerprint density at radius 2 is 1.86 bits per heavy atom. The predicted octanol–water partition coefficient (Wildman–Crippen LogP) is 3.71. The van der Waals surface area contributed by atoms with Gasteiger partial charge in [-0.3, -0.25) is 4.79 Å². The summed E-state index contributed by atoms with van der Waals surface area (Å²) in [6.07, 6.45) is 2.65. The number of hydrogen-bond donors (Lipinski definition) is 1. The van der Waals surface area contributed by atoms with Gasteiger partial charge in [0.1, 0.15) is 9.96 Å². The van der Waals surface area contributed by atoms with Gasteiger partial charge in [0, 0.05) is 18.0 Å². The molecule has 3 rings (SSSR count). The van der Waals surface area contributed by atoms with Gasteiger partial charge in [-0.1, -0.05) is 18.6 Å². The molecule has 2 aromatic rings. The van der Waals surface area contributed by atoms with Gasteiger partial charge in [0.25, 0.3) is 10.0 Å². The number of carbonyl (C=O) groups excluding carboxylic acids is 1. The minimum Gasteiger partial charge on any atom is -0.433 e. The fourth-order valence-corrected chi connectivity index (χ4v) is 5.97. The number of rotatable bonds is 7. The average Bonchev–Trinajstić information content (AvgIpc) is 3.13. The van der Waals surface area contributed by atoms with Gasteiger partial charge in [0.2, 0.25) is 5.91 Å². The van der Waals surface area contributed by atoms with Gasteiger partial charge < -0.3 is 10.1 Å². The molecule has 0 atom stereocenters. The van der Waals surface area contributed by atoms with Crippen molar-refractivity contribution in [2.24, 2.45) is 0 Å². The van der Waals surface area contributed by atoms with Crippen LogP contribution in [-0.4, -0.2) is 38.3 Å². The molecule has 1 aromatic carbocycles. The monoisotopic (exact) mass is 430 g/mol. The molecule has 1 saturated heterocycles. The number of ether oxygens (including phenoxy) is 1. The molecule has 6 nitrogen and oxygen atoms in total. The molecular formula is C18H20F2N2O4S2. The zero-order valence-corrected chi connectivity index (χ0v) is 16.6. The molecule has 152 valence electrons. The lowest BCUT2D eigenvalue weighted by Crippen LogP contribution is -2.35. The van der Waals surface area contributed by atoms with Gasteiger partial charge >= 0.3 is 6.61 Å². The number of hydrogen-bond acceptors (Lipinski definition) is 5. The molecule has 0 radical (unpaired) electrons. The summed E-state index contributed by atoms with van der Waals surface area (Å²) in [6, 6.07) is 8.99. The lowest BCUT2D eigenvalue weighted by Gasteiger charge is -2.25. The topological polar surface area (TPSA) is 75.7 Å². The number of para-hydroxylation sites is 2. The first kappa shape index (κ1) is 20.7. The standard InChI is InChI=1S/C18H20F2N2O4S2/c19-18(20)26-15-7-3-2-6-14(15)21-16(23)12-13-8-9-17(27-13)28(24,25)22-10-4-1-5-11-22/h2-3,6-9,18H,1,4-5,10-12H2,(H,21,23). The molecule has 1 N–H and O–H groups in total. The average molecular weight is 430 g/mol. The second-order valence-corrected chi connectivity index (χ2v) is 9.62. The first-order chi connectivity index (χ1) is 13.4. The number of nitrogens with zero attached hydrogens (tertiary/aromatic N) is 1. The van der Waals surface area contributed by atoms with Gasteiger partial charge in [-0.25, -0.2) is 8.42 Å². The van der Waals surface area contributed by atoms with Crippen molar-refractivity contribution < 1.29 is 26.7 Å². The van der Waals surface area contributed by atoms with Gasteiger partial charge in [-0.05, 0) is 37.1 Å². The van der Waals surface area contributed by atoms with E-state index < -0.39 is 22.5 Å². The van der Waals surface area contributed by atoms with Gasteiger partial charge in [-0.15, -0.1) is 11.3 Å². The van der Waals surface area contributed by atoms with Gasteiger partial charge in [0.05, 0.1) is 12.1 Å². The van der Waals surface area contributed by atoms with Crippen molar-refractivity contribution in [3.8, 4) is 5.75 Å². The lowest BCUT2D eigenvalue weighted by molar-refractivity contribution is -0.115. The Hall–Kier alpha value is -2.04. The van der Waals surface area contributed by atoms with E-state index >= 15 is 0 Å². The highest BCUT2D eigenvalue weighted by Gasteiger charge is 2.27. The molecule has 1 aromatic heterocycles. The second kappa shape index (κ2) is 8.97. The van der Waals surface area contributed by atoms with E-state index in [1.165, 1.54) is 28.6 Å². The van der Waals surface area contributed by atoms with E-state index in [0.717, 1.165) is 30.6 Å². The highest BCUT2D eigenvalue weighted by atomic mass is 32.2. The number of nitrogens with one attached hydrogen (secondary N) is 1. The molecule has 1 fully saturated rings. The summed E-state index contributed by atoms with van der Waals surface area (Å²) in [7, 11) is -3.54. The van der Waals surface area contributed by atoms with Crippen molar-refractivity contribution in [3.05, 3.63) is 41.3 Å². The number of carbonyl (C=O) groups is 1. The van der Waals surface area contributed by atoms with Crippen LogP contribution in [0.5, 0.6) is 5.75 Å². The normalized spacial score (nSPS) is 15.5. The van der Waals surface area contributed by atoms with E-state index in [4.69, 9.17) is 0 Å². The van der Waals surface area contributed by atoms with Crippen molar-refractivity contribution in [2.45, 2.75) is 36.5 Å². The maximum Gasteiger partial charge on any atom is 0.387 e. The Bertz CT molecular complexity index is 925. The summed E-state index contributed by atoms with van der Waals surface area (Å²) in [5.74, 6) is -0.584. The summed E-state index contributed by atoms with van der Waals surface area (Å²) in [6.45, 7) is -1.98. The fraction of sp³-hybridized carbons (Fsp3) is 0.389. The fourth-order valence-electron chi connectivity index (χ4n) is 2.95. The first-order valence-corrected chi connectivity index (χ1v) is 11.0. The van der Waals surface area contributed by atoms with Crippen molar-refractivity contribution in [2.75, 3.05) is 18.4 Å². The van der Waals surface area contributed by atoms with Crippen molar-refractivity contribution in [3.63, 3.8) is 0 Å². The van der Waals surface area contributed by atoms with Crippen LogP contribution in [0.4, 0.5) is 14.5 Å². The van der Waals surface area contributed by atoms with Crippen molar-refractivity contribution in [1.82, 2.24) is 4.31 Å². The molecule has 28 heavy (non-hydrogen) atoms. The van der Waals surface area contributed by atoms with E-state index in [1.54, 1.807) is 12.1 Å². The number of thiophene rings is 1. The summed E-state index contributed by atoms with van der Waals surface area (Å²) in [5.41, 5.74) is 0.130. The minimum atomic E-state index is -3.54. The highest BCUT2D eigenvalue weighted by molar-refractivity contribution is 7.91. The van der Waals surface area contributed by atoms with Crippen LogP contribution in [0, 0.1) is 0 Å². The summed E-state index contributed by atoms with van der Waals surface area (Å²) in [5, 5.41) is 2.53. The Morgan fingerprint density at radius 3 is 2.57 bits per heavy atom. The van der Waals surface area contributed by atoms with Crippen molar-refractivity contribution >= 4 is 33.0 Å². The van der Waals surface area contributed by atoms with E-state index in [2.05, 4.69) is 10.1 Å². The smallest absolute Gasteiger partial charge is 0.387 e. The zero-order valence-electron chi connectivity index (χ0n) is 14.9. The molecule has 0 unspecified atom stereocenters. The summed E-state index contributed by atoms with van der Waals surface area (Å²) in [4.78, 5) is 12.8. The number of benzene rings is 1. The maximum atomic E-state index is 12.7.